The van der Waals surface area contributed by atoms with Gasteiger partial charge in [0.2, 0.25) is 17.8 Å². The van der Waals surface area contributed by atoms with Gasteiger partial charge in [0.15, 0.2) is 5.16 Å². The van der Waals surface area contributed by atoms with Crippen LogP contribution in [0.2, 0.25) is 0 Å². The van der Waals surface area contributed by atoms with Gasteiger partial charge in [0.05, 0.1) is 11.4 Å². The third kappa shape index (κ3) is 5.47. The summed E-state index contributed by atoms with van der Waals surface area (Å²) in [4.78, 5) is 26.1. The SMILES string of the molecule is CC(=O)Nc1cccc(NC(=O)CSc2nnc(N3CCCCC3)n2-c2ccccc2)c1. The number of piperidine rings is 1. The predicted octanol–water partition coefficient (Wildman–Crippen LogP) is 3.95. The van der Waals surface area contributed by atoms with Gasteiger partial charge in [0.1, 0.15) is 0 Å². The van der Waals surface area contributed by atoms with Gasteiger partial charge in [-0.15, -0.1) is 10.2 Å². The molecule has 2 heterocycles. The Hall–Kier alpha value is -3.33. The van der Waals surface area contributed by atoms with E-state index in [1.54, 1.807) is 24.3 Å². The molecule has 1 aromatic heterocycles. The topological polar surface area (TPSA) is 92.2 Å². The van der Waals surface area contributed by atoms with E-state index in [0.29, 0.717) is 16.5 Å². The van der Waals surface area contributed by atoms with Gasteiger partial charge in [-0.25, -0.2) is 0 Å². The van der Waals surface area contributed by atoms with Crippen LogP contribution in [0.1, 0.15) is 26.2 Å². The lowest BCUT2D eigenvalue weighted by Gasteiger charge is -2.27. The number of nitrogens with one attached hydrogen (secondary N) is 2. The Bertz CT molecular complexity index is 1080. The Morgan fingerprint density at radius 1 is 0.938 bits per heavy atom. The molecule has 2 aromatic carbocycles. The lowest BCUT2D eigenvalue weighted by atomic mass is 10.1. The molecule has 3 aromatic rings. The van der Waals surface area contributed by atoms with Crippen molar-refractivity contribution in [2.75, 3.05) is 34.4 Å². The number of hydrogen-bond acceptors (Lipinski definition) is 6. The molecule has 0 aliphatic carbocycles. The molecule has 0 unspecified atom stereocenters. The van der Waals surface area contributed by atoms with Crippen molar-refractivity contribution in [2.24, 2.45) is 0 Å². The zero-order chi connectivity index (χ0) is 22.3. The van der Waals surface area contributed by atoms with Crippen molar-refractivity contribution < 1.29 is 9.59 Å². The van der Waals surface area contributed by atoms with Crippen molar-refractivity contribution in [2.45, 2.75) is 31.3 Å². The van der Waals surface area contributed by atoms with Crippen molar-refractivity contribution in [1.82, 2.24) is 14.8 Å². The van der Waals surface area contributed by atoms with E-state index in [4.69, 9.17) is 0 Å². The van der Waals surface area contributed by atoms with Gasteiger partial charge in [-0.3, -0.25) is 14.2 Å². The van der Waals surface area contributed by atoms with E-state index in [9.17, 15) is 9.59 Å². The van der Waals surface area contributed by atoms with Crippen LogP contribution in [0.3, 0.4) is 0 Å². The fourth-order valence-corrected chi connectivity index (χ4v) is 4.41. The molecule has 0 bridgehead atoms. The molecular formula is C23H26N6O2S. The summed E-state index contributed by atoms with van der Waals surface area (Å²) in [6, 6.07) is 17.1. The van der Waals surface area contributed by atoms with E-state index in [0.717, 1.165) is 37.6 Å². The Morgan fingerprint density at radius 3 is 2.38 bits per heavy atom. The molecule has 1 fully saturated rings. The first kappa shape index (κ1) is 21.9. The zero-order valence-corrected chi connectivity index (χ0v) is 18.8. The van der Waals surface area contributed by atoms with Crippen molar-refractivity contribution in [3.63, 3.8) is 0 Å². The van der Waals surface area contributed by atoms with Crippen LogP contribution in [0.25, 0.3) is 5.69 Å². The molecule has 1 saturated heterocycles. The minimum Gasteiger partial charge on any atom is -0.341 e. The van der Waals surface area contributed by atoms with Gasteiger partial charge in [-0.2, -0.15) is 0 Å². The molecule has 0 spiro atoms. The summed E-state index contributed by atoms with van der Waals surface area (Å²) in [6.07, 6.45) is 3.52. The van der Waals surface area contributed by atoms with E-state index >= 15 is 0 Å². The minimum absolute atomic E-state index is 0.155. The Kier molecular flexibility index (Phi) is 7.06. The van der Waals surface area contributed by atoms with Crippen LogP contribution in [0.15, 0.2) is 59.8 Å². The smallest absolute Gasteiger partial charge is 0.234 e. The molecule has 4 rings (SSSR count). The number of benzene rings is 2. The van der Waals surface area contributed by atoms with Gasteiger partial charge in [-0.05, 0) is 49.6 Å². The molecule has 1 aliphatic rings. The maximum atomic E-state index is 12.6. The highest BCUT2D eigenvalue weighted by molar-refractivity contribution is 7.99. The monoisotopic (exact) mass is 450 g/mol. The number of nitrogens with zero attached hydrogens (tertiary/aromatic N) is 4. The van der Waals surface area contributed by atoms with Crippen molar-refractivity contribution >= 4 is 40.9 Å². The molecule has 0 saturated carbocycles. The molecule has 0 atom stereocenters. The second-order valence-corrected chi connectivity index (χ2v) is 8.54. The summed E-state index contributed by atoms with van der Waals surface area (Å²) >= 11 is 1.35. The van der Waals surface area contributed by atoms with Crippen molar-refractivity contribution in [3.8, 4) is 5.69 Å². The second kappa shape index (κ2) is 10.3. The van der Waals surface area contributed by atoms with E-state index < -0.39 is 0 Å². The standard InChI is InChI=1S/C23H26N6O2S/c1-17(30)24-18-9-8-10-19(15-18)25-21(31)16-32-23-27-26-22(28-13-6-3-7-14-28)29(23)20-11-4-2-5-12-20/h2,4-5,8-12,15H,3,6-7,13-14,16H2,1H3,(H,24,30)(H,25,31). The van der Waals surface area contributed by atoms with Gasteiger partial charge < -0.3 is 15.5 Å². The summed E-state index contributed by atoms with van der Waals surface area (Å²) in [5.74, 6) is 0.697. The minimum atomic E-state index is -0.159. The number of carbonyl (C=O) groups excluding carboxylic acids is 2. The molecule has 9 heteroatoms. The Morgan fingerprint density at radius 2 is 1.66 bits per heavy atom. The third-order valence-electron chi connectivity index (χ3n) is 5.07. The second-order valence-electron chi connectivity index (χ2n) is 7.60. The van der Waals surface area contributed by atoms with Crippen LogP contribution in [-0.2, 0) is 9.59 Å². The number of aromatic nitrogens is 3. The fraction of sp³-hybridized carbons (Fsp3) is 0.304. The first-order valence-corrected chi connectivity index (χ1v) is 11.6. The quantitative estimate of drug-likeness (QED) is 0.530. The first-order valence-electron chi connectivity index (χ1n) is 10.7. The maximum Gasteiger partial charge on any atom is 0.234 e. The highest BCUT2D eigenvalue weighted by atomic mass is 32.2. The average Bonchev–Trinajstić information content (AvgIpc) is 3.23. The molecule has 8 nitrogen and oxygen atoms in total. The van der Waals surface area contributed by atoms with Crippen molar-refractivity contribution in [3.05, 3.63) is 54.6 Å². The lowest BCUT2D eigenvalue weighted by Crippen LogP contribution is -2.31. The highest BCUT2D eigenvalue weighted by Crippen LogP contribution is 2.28. The molecule has 166 valence electrons. The number of rotatable bonds is 7. The number of carbonyl (C=O) groups is 2. The molecule has 1 aliphatic heterocycles. The van der Waals surface area contributed by atoms with Crippen LogP contribution in [-0.4, -0.2) is 45.4 Å². The number of para-hydroxylation sites is 1. The maximum absolute atomic E-state index is 12.6. The van der Waals surface area contributed by atoms with Crippen LogP contribution in [0, 0.1) is 0 Å². The van der Waals surface area contributed by atoms with Gasteiger partial charge in [-0.1, -0.05) is 36.0 Å². The predicted molar refractivity (Wildman–Crippen MR) is 128 cm³/mol. The number of hydrogen-bond donors (Lipinski definition) is 2. The summed E-state index contributed by atoms with van der Waals surface area (Å²) in [5.41, 5.74) is 2.24. The molecule has 0 radical (unpaired) electrons. The number of thioether (sulfide) groups is 1. The fourth-order valence-electron chi connectivity index (χ4n) is 3.66. The van der Waals surface area contributed by atoms with Crippen LogP contribution >= 0.6 is 11.8 Å². The summed E-state index contributed by atoms with van der Waals surface area (Å²) in [6.45, 7) is 3.37. The normalized spacial score (nSPS) is 13.6. The van der Waals surface area contributed by atoms with Gasteiger partial charge in [0.25, 0.3) is 0 Å². The molecule has 2 N–H and O–H groups in total. The van der Waals surface area contributed by atoms with Crippen molar-refractivity contribution in [1.29, 1.82) is 0 Å². The number of anilines is 3. The third-order valence-corrected chi connectivity index (χ3v) is 6.00. The van der Waals surface area contributed by atoms with E-state index in [2.05, 4.69) is 25.7 Å². The molecular weight excluding hydrogens is 424 g/mol. The van der Waals surface area contributed by atoms with Gasteiger partial charge >= 0.3 is 0 Å². The van der Waals surface area contributed by atoms with E-state index in [-0.39, 0.29) is 17.6 Å². The summed E-state index contributed by atoms with van der Waals surface area (Å²) < 4.78 is 2.03. The van der Waals surface area contributed by atoms with Crippen LogP contribution < -0.4 is 15.5 Å². The number of amides is 2. The zero-order valence-electron chi connectivity index (χ0n) is 18.0. The summed E-state index contributed by atoms with van der Waals surface area (Å²) in [5, 5.41) is 15.1. The summed E-state index contributed by atoms with van der Waals surface area (Å²) in [7, 11) is 0. The van der Waals surface area contributed by atoms with Crippen LogP contribution in [0.5, 0.6) is 0 Å². The lowest BCUT2D eigenvalue weighted by molar-refractivity contribution is -0.114. The highest BCUT2D eigenvalue weighted by Gasteiger charge is 2.22. The average molecular weight is 451 g/mol. The molecule has 2 amide bonds. The Labute approximate surface area is 191 Å². The first-order chi connectivity index (χ1) is 15.6. The largest absolute Gasteiger partial charge is 0.341 e. The Balaban J connectivity index is 1.48. The van der Waals surface area contributed by atoms with E-state index in [1.807, 2.05) is 34.9 Å². The van der Waals surface area contributed by atoms with Crippen LogP contribution in [0.4, 0.5) is 17.3 Å². The van der Waals surface area contributed by atoms with Gasteiger partial charge in [0, 0.05) is 31.4 Å². The van der Waals surface area contributed by atoms with E-state index in [1.165, 1.54) is 25.1 Å². The molecule has 32 heavy (non-hydrogen) atoms.